The number of hydrogen-bond acceptors (Lipinski definition) is 6. The number of aromatic amines is 1. The molecular formula is C13H21N7O. The van der Waals surface area contributed by atoms with Crippen molar-refractivity contribution in [3.8, 4) is 0 Å². The van der Waals surface area contributed by atoms with Crippen molar-refractivity contribution >= 4 is 28.8 Å². The Kier molecular flexibility index (Phi) is 4.91. The number of nitrogens with one attached hydrogen (secondary N) is 4. The number of carbonyl (C=O) groups excluding carboxylic acids is 1. The van der Waals surface area contributed by atoms with E-state index >= 15 is 0 Å². The van der Waals surface area contributed by atoms with Gasteiger partial charge in [0.2, 0.25) is 11.9 Å². The molecule has 2 aromatic heterocycles. The smallest absolute Gasteiger partial charge is 0.239 e. The summed E-state index contributed by atoms with van der Waals surface area (Å²) in [6.45, 7) is 7.59. The zero-order valence-electron chi connectivity index (χ0n) is 12.5. The first kappa shape index (κ1) is 15.0. The van der Waals surface area contributed by atoms with Crippen LogP contribution in [0.3, 0.4) is 0 Å². The Morgan fingerprint density at radius 2 is 2.14 bits per heavy atom. The van der Waals surface area contributed by atoms with Gasteiger partial charge in [-0.05, 0) is 12.8 Å². The topological polar surface area (TPSA) is 108 Å². The molecular weight excluding hydrogens is 270 g/mol. The first-order valence-corrected chi connectivity index (χ1v) is 7.05. The Labute approximate surface area is 123 Å². The standard InChI is InChI=1S/C13H21N7O/c1-4-14-13-19-11(10-12(20-13)18-7-17-10)16-6-9(21)15-5-8(2)3/h7-8H,4-6H2,1-3H3,(H,15,21)(H3,14,16,17,18,19,20). The number of aromatic nitrogens is 4. The number of hydrogen-bond donors (Lipinski definition) is 4. The van der Waals surface area contributed by atoms with Crippen molar-refractivity contribution in [2.45, 2.75) is 20.8 Å². The molecule has 2 aromatic rings. The number of rotatable bonds is 7. The maximum absolute atomic E-state index is 11.7. The van der Waals surface area contributed by atoms with Gasteiger partial charge in [0.05, 0.1) is 12.9 Å². The minimum absolute atomic E-state index is 0.0695. The monoisotopic (exact) mass is 291 g/mol. The summed E-state index contributed by atoms with van der Waals surface area (Å²) in [4.78, 5) is 27.5. The molecule has 0 aliphatic carbocycles. The van der Waals surface area contributed by atoms with E-state index in [1.54, 1.807) is 6.33 Å². The highest BCUT2D eigenvalue weighted by molar-refractivity contribution is 5.87. The molecule has 21 heavy (non-hydrogen) atoms. The van der Waals surface area contributed by atoms with Crippen molar-refractivity contribution < 1.29 is 4.79 Å². The highest BCUT2D eigenvalue weighted by Gasteiger charge is 2.10. The molecule has 0 saturated heterocycles. The van der Waals surface area contributed by atoms with Crippen LogP contribution in [-0.4, -0.2) is 45.5 Å². The van der Waals surface area contributed by atoms with Crippen molar-refractivity contribution in [1.82, 2.24) is 25.3 Å². The maximum atomic E-state index is 11.7. The number of nitrogens with zero attached hydrogens (tertiary/aromatic N) is 3. The van der Waals surface area contributed by atoms with Crippen LogP contribution in [0.4, 0.5) is 11.8 Å². The summed E-state index contributed by atoms with van der Waals surface area (Å²) >= 11 is 0. The minimum Gasteiger partial charge on any atom is -0.359 e. The van der Waals surface area contributed by atoms with Crippen molar-refractivity contribution in [1.29, 1.82) is 0 Å². The number of amides is 1. The van der Waals surface area contributed by atoms with Crippen LogP contribution < -0.4 is 16.0 Å². The number of carbonyl (C=O) groups is 1. The number of anilines is 2. The van der Waals surface area contributed by atoms with Gasteiger partial charge in [0.1, 0.15) is 5.52 Å². The number of fused-ring (bicyclic) bond motifs is 1. The molecule has 0 fully saturated rings. The summed E-state index contributed by atoms with van der Waals surface area (Å²) in [6, 6.07) is 0. The molecule has 0 bridgehead atoms. The molecule has 4 N–H and O–H groups in total. The van der Waals surface area contributed by atoms with Crippen LogP contribution >= 0.6 is 0 Å². The second kappa shape index (κ2) is 6.87. The summed E-state index contributed by atoms with van der Waals surface area (Å²) in [5.41, 5.74) is 1.25. The molecule has 2 heterocycles. The van der Waals surface area contributed by atoms with E-state index in [-0.39, 0.29) is 12.5 Å². The van der Waals surface area contributed by atoms with Gasteiger partial charge in [-0.2, -0.15) is 9.97 Å². The van der Waals surface area contributed by atoms with E-state index in [0.29, 0.717) is 41.9 Å². The van der Waals surface area contributed by atoms with E-state index in [4.69, 9.17) is 0 Å². The molecule has 0 aromatic carbocycles. The Hall–Kier alpha value is -2.38. The summed E-state index contributed by atoms with van der Waals surface area (Å²) in [7, 11) is 0. The summed E-state index contributed by atoms with van der Waals surface area (Å²) < 4.78 is 0. The van der Waals surface area contributed by atoms with Crippen LogP contribution in [-0.2, 0) is 4.79 Å². The van der Waals surface area contributed by atoms with Crippen LogP contribution in [0.25, 0.3) is 11.2 Å². The zero-order chi connectivity index (χ0) is 15.2. The van der Waals surface area contributed by atoms with Gasteiger partial charge in [-0.25, -0.2) is 4.98 Å². The van der Waals surface area contributed by atoms with Gasteiger partial charge in [-0.3, -0.25) is 4.79 Å². The fraction of sp³-hybridized carbons (Fsp3) is 0.538. The van der Waals surface area contributed by atoms with Crippen LogP contribution in [0, 0.1) is 5.92 Å². The Balaban J connectivity index is 2.06. The molecule has 8 nitrogen and oxygen atoms in total. The molecule has 1 amide bonds. The Morgan fingerprint density at radius 1 is 1.33 bits per heavy atom. The maximum Gasteiger partial charge on any atom is 0.239 e. The van der Waals surface area contributed by atoms with E-state index in [1.165, 1.54) is 0 Å². The molecule has 0 aliphatic rings. The second-order valence-corrected chi connectivity index (χ2v) is 5.08. The van der Waals surface area contributed by atoms with Gasteiger partial charge in [0, 0.05) is 13.1 Å². The average Bonchev–Trinajstić information content (AvgIpc) is 2.91. The first-order chi connectivity index (χ1) is 10.1. The summed E-state index contributed by atoms with van der Waals surface area (Å²) in [6.07, 6.45) is 1.55. The predicted molar refractivity (Wildman–Crippen MR) is 82.2 cm³/mol. The lowest BCUT2D eigenvalue weighted by molar-refractivity contribution is -0.119. The molecule has 0 atom stereocenters. The third kappa shape index (κ3) is 4.04. The van der Waals surface area contributed by atoms with E-state index in [1.807, 2.05) is 6.92 Å². The lowest BCUT2D eigenvalue weighted by Crippen LogP contribution is -2.32. The fourth-order valence-electron chi connectivity index (χ4n) is 1.74. The van der Waals surface area contributed by atoms with Crippen LogP contribution in [0.15, 0.2) is 6.33 Å². The van der Waals surface area contributed by atoms with Crippen molar-refractivity contribution in [3.63, 3.8) is 0 Å². The largest absolute Gasteiger partial charge is 0.359 e. The quantitative estimate of drug-likeness (QED) is 0.605. The molecule has 2 rings (SSSR count). The van der Waals surface area contributed by atoms with Crippen LogP contribution in [0.5, 0.6) is 0 Å². The molecule has 8 heteroatoms. The van der Waals surface area contributed by atoms with Crippen molar-refractivity contribution in [2.24, 2.45) is 5.92 Å². The molecule has 0 aliphatic heterocycles. The van der Waals surface area contributed by atoms with Gasteiger partial charge in [-0.15, -0.1) is 0 Å². The lowest BCUT2D eigenvalue weighted by atomic mass is 10.2. The molecule has 0 unspecified atom stereocenters. The van der Waals surface area contributed by atoms with Gasteiger partial charge in [0.25, 0.3) is 0 Å². The van der Waals surface area contributed by atoms with E-state index < -0.39 is 0 Å². The van der Waals surface area contributed by atoms with E-state index in [2.05, 4.69) is 49.7 Å². The third-order valence-electron chi connectivity index (χ3n) is 2.74. The number of H-pyrrole nitrogens is 1. The first-order valence-electron chi connectivity index (χ1n) is 7.05. The van der Waals surface area contributed by atoms with Crippen molar-refractivity contribution in [3.05, 3.63) is 6.33 Å². The molecule has 0 radical (unpaired) electrons. The summed E-state index contributed by atoms with van der Waals surface area (Å²) in [5.74, 6) is 1.41. The average molecular weight is 291 g/mol. The molecule has 0 spiro atoms. The van der Waals surface area contributed by atoms with E-state index in [0.717, 1.165) is 0 Å². The predicted octanol–water partition coefficient (Wildman–Crippen LogP) is 0.969. The van der Waals surface area contributed by atoms with Crippen molar-refractivity contribution in [2.75, 3.05) is 30.3 Å². The van der Waals surface area contributed by atoms with Gasteiger partial charge >= 0.3 is 0 Å². The second-order valence-electron chi connectivity index (χ2n) is 5.08. The summed E-state index contributed by atoms with van der Waals surface area (Å²) in [5, 5.41) is 8.91. The van der Waals surface area contributed by atoms with Crippen LogP contribution in [0.1, 0.15) is 20.8 Å². The third-order valence-corrected chi connectivity index (χ3v) is 2.74. The fourth-order valence-corrected chi connectivity index (χ4v) is 1.74. The Bertz CT molecular complexity index is 608. The van der Waals surface area contributed by atoms with Gasteiger partial charge in [-0.1, -0.05) is 13.8 Å². The zero-order valence-corrected chi connectivity index (χ0v) is 12.5. The molecule has 114 valence electrons. The van der Waals surface area contributed by atoms with E-state index in [9.17, 15) is 4.79 Å². The number of imidazole rings is 1. The normalized spacial score (nSPS) is 10.9. The van der Waals surface area contributed by atoms with Gasteiger partial charge < -0.3 is 20.9 Å². The molecule has 0 saturated carbocycles. The highest BCUT2D eigenvalue weighted by Crippen LogP contribution is 2.18. The highest BCUT2D eigenvalue weighted by atomic mass is 16.1. The van der Waals surface area contributed by atoms with Gasteiger partial charge in [0.15, 0.2) is 11.5 Å². The SMILES string of the molecule is CCNc1nc(NCC(=O)NCC(C)C)c2[nH]cnc2n1. The minimum atomic E-state index is -0.0695. The lowest BCUT2D eigenvalue weighted by Gasteiger charge is -2.10. The Morgan fingerprint density at radius 3 is 2.86 bits per heavy atom. The van der Waals surface area contributed by atoms with Crippen LogP contribution in [0.2, 0.25) is 0 Å².